The molecule has 0 amide bonds. The van der Waals surface area contributed by atoms with Gasteiger partial charge in [0.25, 0.3) is 0 Å². The van der Waals surface area contributed by atoms with Crippen LogP contribution in [-0.2, 0) is 0 Å². The van der Waals surface area contributed by atoms with Gasteiger partial charge in [0.05, 0.1) is 0 Å². The minimum absolute atomic E-state index is 0.484. The fourth-order valence-electron chi connectivity index (χ4n) is 2.75. The van der Waals surface area contributed by atoms with Gasteiger partial charge in [-0.15, -0.1) is 0 Å². The van der Waals surface area contributed by atoms with Gasteiger partial charge in [-0.2, -0.15) is 0 Å². The maximum absolute atomic E-state index is 3.55. The van der Waals surface area contributed by atoms with E-state index in [1.165, 1.54) is 58.3 Å². The van der Waals surface area contributed by atoms with Gasteiger partial charge < -0.3 is 10.2 Å². The number of nitrogens with one attached hydrogen (secondary N) is 1. The molecule has 0 radical (unpaired) electrons. The van der Waals surface area contributed by atoms with Gasteiger partial charge in [-0.05, 0) is 63.1 Å². The first-order valence-corrected chi connectivity index (χ1v) is 7.49. The van der Waals surface area contributed by atoms with Crippen molar-refractivity contribution in [2.24, 2.45) is 11.3 Å². The third-order valence-electron chi connectivity index (χ3n) is 4.10. The minimum atomic E-state index is 0.484. The topological polar surface area (TPSA) is 15.3 Å². The molecule has 100 valence electrons. The fraction of sp³-hybridized carbons (Fsp3) is 1.00. The zero-order valence-electron chi connectivity index (χ0n) is 12.0. The predicted octanol–water partition coefficient (Wildman–Crippen LogP) is 2.89. The Morgan fingerprint density at radius 3 is 2.47 bits per heavy atom. The molecule has 0 bridgehead atoms. The molecule has 1 atom stereocenters. The van der Waals surface area contributed by atoms with E-state index in [1.54, 1.807) is 0 Å². The van der Waals surface area contributed by atoms with E-state index in [4.69, 9.17) is 0 Å². The second-order valence-electron chi connectivity index (χ2n) is 7.25. The van der Waals surface area contributed by atoms with Gasteiger partial charge in [0.2, 0.25) is 0 Å². The monoisotopic (exact) mass is 238 g/mol. The Morgan fingerprint density at radius 1 is 1.18 bits per heavy atom. The molecule has 2 heteroatoms. The van der Waals surface area contributed by atoms with Gasteiger partial charge in [0.1, 0.15) is 0 Å². The first-order chi connectivity index (χ1) is 8.04. The molecule has 2 aliphatic rings. The quantitative estimate of drug-likeness (QED) is 0.792. The molecular weight excluding hydrogens is 208 g/mol. The van der Waals surface area contributed by atoms with E-state index < -0.39 is 0 Å². The van der Waals surface area contributed by atoms with E-state index in [-0.39, 0.29) is 0 Å². The van der Waals surface area contributed by atoms with Gasteiger partial charge in [-0.1, -0.05) is 20.8 Å². The number of piperidine rings is 1. The Bertz CT molecular complexity index is 222. The molecule has 2 rings (SSSR count). The number of hydrogen-bond donors (Lipinski definition) is 1. The lowest BCUT2D eigenvalue weighted by Crippen LogP contribution is -2.40. The molecule has 1 heterocycles. The SMILES string of the molecule is CC(C)(C)CCN(CC1CCCNC1)C1CC1. The largest absolute Gasteiger partial charge is 0.316 e. The highest BCUT2D eigenvalue weighted by atomic mass is 15.2. The summed E-state index contributed by atoms with van der Waals surface area (Å²) in [6.07, 6.45) is 7.05. The molecule has 1 aliphatic carbocycles. The van der Waals surface area contributed by atoms with Gasteiger partial charge in [-0.3, -0.25) is 0 Å². The third-order valence-corrected chi connectivity index (χ3v) is 4.10. The summed E-state index contributed by atoms with van der Waals surface area (Å²) in [6.45, 7) is 12.2. The molecule has 1 N–H and O–H groups in total. The zero-order chi connectivity index (χ0) is 12.3. The van der Waals surface area contributed by atoms with Gasteiger partial charge in [0.15, 0.2) is 0 Å². The second kappa shape index (κ2) is 5.71. The molecule has 1 saturated heterocycles. The average molecular weight is 238 g/mol. The Morgan fingerprint density at radius 2 is 1.94 bits per heavy atom. The molecule has 1 aliphatic heterocycles. The highest BCUT2D eigenvalue weighted by Gasteiger charge is 2.31. The summed E-state index contributed by atoms with van der Waals surface area (Å²) in [4.78, 5) is 2.78. The van der Waals surface area contributed by atoms with Crippen LogP contribution in [0.25, 0.3) is 0 Å². The van der Waals surface area contributed by atoms with E-state index in [9.17, 15) is 0 Å². The summed E-state index contributed by atoms with van der Waals surface area (Å²) < 4.78 is 0. The normalized spacial score (nSPS) is 26.5. The summed E-state index contributed by atoms with van der Waals surface area (Å²) in [7, 11) is 0. The van der Waals surface area contributed by atoms with Crippen LogP contribution < -0.4 is 5.32 Å². The van der Waals surface area contributed by atoms with Crippen molar-refractivity contribution < 1.29 is 0 Å². The lowest BCUT2D eigenvalue weighted by atomic mass is 9.91. The van der Waals surface area contributed by atoms with Crippen molar-refractivity contribution >= 4 is 0 Å². The first kappa shape index (κ1) is 13.4. The van der Waals surface area contributed by atoms with Crippen molar-refractivity contribution in [3.05, 3.63) is 0 Å². The van der Waals surface area contributed by atoms with Gasteiger partial charge >= 0.3 is 0 Å². The lowest BCUT2D eigenvalue weighted by Gasteiger charge is -2.32. The molecule has 1 saturated carbocycles. The highest BCUT2D eigenvalue weighted by Crippen LogP contribution is 2.30. The maximum atomic E-state index is 3.55. The molecule has 2 fully saturated rings. The summed E-state index contributed by atoms with van der Waals surface area (Å²) >= 11 is 0. The predicted molar refractivity (Wildman–Crippen MR) is 74.3 cm³/mol. The van der Waals surface area contributed by atoms with Crippen LogP contribution in [0.15, 0.2) is 0 Å². The molecule has 0 spiro atoms. The third kappa shape index (κ3) is 4.97. The first-order valence-electron chi connectivity index (χ1n) is 7.49. The summed E-state index contributed by atoms with van der Waals surface area (Å²) in [5, 5.41) is 3.55. The Balaban J connectivity index is 1.76. The van der Waals surface area contributed by atoms with E-state index in [0.29, 0.717) is 5.41 Å². The molecule has 0 aromatic carbocycles. The molecular formula is C15H30N2. The van der Waals surface area contributed by atoms with E-state index >= 15 is 0 Å². The number of nitrogens with zero attached hydrogens (tertiary/aromatic N) is 1. The van der Waals surface area contributed by atoms with Gasteiger partial charge in [0, 0.05) is 12.6 Å². The Hall–Kier alpha value is -0.0800. The van der Waals surface area contributed by atoms with Crippen molar-refractivity contribution in [2.45, 2.75) is 58.9 Å². The van der Waals surface area contributed by atoms with Crippen molar-refractivity contribution in [2.75, 3.05) is 26.2 Å². The zero-order valence-corrected chi connectivity index (χ0v) is 12.0. The van der Waals surface area contributed by atoms with Crippen molar-refractivity contribution in [3.8, 4) is 0 Å². The maximum Gasteiger partial charge on any atom is 0.00965 e. The van der Waals surface area contributed by atoms with Crippen LogP contribution in [0, 0.1) is 11.3 Å². The van der Waals surface area contributed by atoms with Crippen LogP contribution in [0.4, 0.5) is 0 Å². The Labute approximate surface area is 107 Å². The smallest absolute Gasteiger partial charge is 0.00965 e. The lowest BCUT2D eigenvalue weighted by molar-refractivity contribution is 0.176. The fourth-order valence-corrected chi connectivity index (χ4v) is 2.75. The van der Waals surface area contributed by atoms with Crippen molar-refractivity contribution in [3.63, 3.8) is 0 Å². The number of rotatable bonds is 5. The van der Waals surface area contributed by atoms with Crippen LogP contribution in [-0.4, -0.2) is 37.1 Å². The van der Waals surface area contributed by atoms with Crippen molar-refractivity contribution in [1.29, 1.82) is 0 Å². The highest BCUT2D eigenvalue weighted by molar-refractivity contribution is 4.87. The minimum Gasteiger partial charge on any atom is -0.316 e. The summed E-state index contributed by atoms with van der Waals surface area (Å²) in [5.41, 5.74) is 0.484. The van der Waals surface area contributed by atoms with Crippen molar-refractivity contribution in [1.82, 2.24) is 10.2 Å². The van der Waals surface area contributed by atoms with Crippen LogP contribution in [0.1, 0.15) is 52.9 Å². The summed E-state index contributed by atoms with van der Waals surface area (Å²) in [5.74, 6) is 0.907. The van der Waals surface area contributed by atoms with Crippen LogP contribution >= 0.6 is 0 Å². The Kier molecular flexibility index (Phi) is 4.48. The molecule has 17 heavy (non-hydrogen) atoms. The van der Waals surface area contributed by atoms with Crippen LogP contribution in [0.5, 0.6) is 0 Å². The molecule has 0 aromatic heterocycles. The van der Waals surface area contributed by atoms with Crippen LogP contribution in [0.3, 0.4) is 0 Å². The molecule has 2 nitrogen and oxygen atoms in total. The summed E-state index contributed by atoms with van der Waals surface area (Å²) in [6, 6.07) is 0.930. The second-order valence-corrected chi connectivity index (χ2v) is 7.25. The number of hydrogen-bond acceptors (Lipinski definition) is 2. The van der Waals surface area contributed by atoms with E-state index in [1.807, 2.05) is 0 Å². The van der Waals surface area contributed by atoms with E-state index in [2.05, 4.69) is 31.0 Å². The average Bonchev–Trinajstić information content (AvgIpc) is 3.08. The van der Waals surface area contributed by atoms with Crippen LogP contribution in [0.2, 0.25) is 0 Å². The van der Waals surface area contributed by atoms with Gasteiger partial charge in [-0.25, -0.2) is 0 Å². The standard InChI is InChI=1S/C15H30N2/c1-15(2,3)8-10-17(14-6-7-14)12-13-5-4-9-16-11-13/h13-14,16H,4-12H2,1-3H3. The molecule has 1 unspecified atom stereocenters. The van der Waals surface area contributed by atoms with E-state index in [0.717, 1.165) is 12.0 Å². The molecule has 0 aromatic rings.